The summed E-state index contributed by atoms with van der Waals surface area (Å²) in [4.78, 5) is 15.6. The van der Waals surface area contributed by atoms with Gasteiger partial charge >= 0.3 is 6.18 Å². The van der Waals surface area contributed by atoms with Gasteiger partial charge in [-0.25, -0.2) is 0 Å². The van der Waals surface area contributed by atoms with E-state index in [1.54, 1.807) is 18.2 Å². The molecule has 0 aliphatic rings. The van der Waals surface area contributed by atoms with Crippen molar-refractivity contribution in [1.29, 1.82) is 0 Å². The maximum atomic E-state index is 12.5. The fourth-order valence-electron chi connectivity index (χ4n) is 1.58. The van der Waals surface area contributed by atoms with Crippen molar-refractivity contribution in [1.82, 2.24) is 4.98 Å². The Labute approximate surface area is 113 Å². The van der Waals surface area contributed by atoms with Crippen molar-refractivity contribution in [3.63, 3.8) is 0 Å². The molecule has 0 N–H and O–H groups in total. The fraction of sp³-hybridized carbons (Fsp3) is 0.0667. The molecule has 0 amide bonds. The van der Waals surface area contributed by atoms with Gasteiger partial charge in [-0.05, 0) is 35.9 Å². The molecule has 2 nitrogen and oxygen atoms in total. The minimum atomic E-state index is -4.39. The summed E-state index contributed by atoms with van der Waals surface area (Å²) in [5.41, 5.74) is -0.190. The summed E-state index contributed by atoms with van der Waals surface area (Å²) in [7, 11) is 0. The third kappa shape index (κ3) is 3.54. The van der Waals surface area contributed by atoms with Crippen LogP contribution in [0.25, 0.3) is 6.08 Å². The first kappa shape index (κ1) is 14.0. The van der Waals surface area contributed by atoms with Gasteiger partial charge in [0.1, 0.15) is 5.69 Å². The highest BCUT2D eigenvalue weighted by atomic mass is 19.4. The molecule has 0 spiro atoms. The van der Waals surface area contributed by atoms with Gasteiger partial charge in [0.2, 0.25) is 5.78 Å². The molecule has 2 rings (SSSR count). The second kappa shape index (κ2) is 5.69. The molecule has 0 atom stereocenters. The van der Waals surface area contributed by atoms with E-state index in [2.05, 4.69) is 4.98 Å². The van der Waals surface area contributed by atoms with Crippen LogP contribution in [-0.4, -0.2) is 10.8 Å². The Morgan fingerprint density at radius 2 is 1.90 bits per heavy atom. The van der Waals surface area contributed by atoms with E-state index in [1.165, 1.54) is 30.5 Å². The molecule has 102 valence electrons. The van der Waals surface area contributed by atoms with Crippen LogP contribution in [0.3, 0.4) is 0 Å². The van der Waals surface area contributed by atoms with E-state index in [-0.39, 0.29) is 11.5 Å². The van der Waals surface area contributed by atoms with E-state index in [1.807, 2.05) is 0 Å². The number of benzene rings is 1. The Kier molecular flexibility index (Phi) is 3.98. The van der Waals surface area contributed by atoms with Crippen LogP contribution in [0.2, 0.25) is 0 Å². The lowest BCUT2D eigenvalue weighted by atomic mass is 10.1. The zero-order chi connectivity index (χ0) is 14.6. The van der Waals surface area contributed by atoms with Gasteiger partial charge in [0, 0.05) is 6.20 Å². The molecule has 1 aromatic carbocycles. The third-order valence-corrected chi connectivity index (χ3v) is 2.56. The number of allylic oxidation sites excluding steroid dienone is 1. The number of halogens is 3. The lowest BCUT2D eigenvalue weighted by molar-refractivity contribution is -0.137. The average molecular weight is 277 g/mol. The summed E-state index contributed by atoms with van der Waals surface area (Å²) in [5, 5.41) is 0. The lowest BCUT2D eigenvalue weighted by Crippen LogP contribution is -2.04. The zero-order valence-electron chi connectivity index (χ0n) is 10.3. The van der Waals surface area contributed by atoms with Crippen LogP contribution >= 0.6 is 0 Å². The van der Waals surface area contributed by atoms with Crippen molar-refractivity contribution >= 4 is 11.9 Å². The van der Waals surface area contributed by atoms with Crippen LogP contribution in [0.4, 0.5) is 13.2 Å². The van der Waals surface area contributed by atoms with Crippen LogP contribution in [0.1, 0.15) is 21.6 Å². The van der Waals surface area contributed by atoms with Gasteiger partial charge in [-0.3, -0.25) is 9.78 Å². The smallest absolute Gasteiger partial charge is 0.288 e. The monoisotopic (exact) mass is 277 g/mol. The van der Waals surface area contributed by atoms with Crippen molar-refractivity contribution in [2.45, 2.75) is 6.18 Å². The molecule has 0 saturated heterocycles. The summed E-state index contributed by atoms with van der Waals surface area (Å²) in [6, 6.07) is 9.65. The van der Waals surface area contributed by atoms with Gasteiger partial charge in [0.05, 0.1) is 5.56 Å². The topological polar surface area (TPSA) is 30.0 Å². The first-order chi connectivity index (χ1) is 9.47. The van der Waals surface area contributed by atoms with E-state index < -0.39 is 11.7 Å². The third-order valence-electron chi connectivity index (χ3n) is 2.56. The second-order valence-corrected chi connectivity index (χ2v) is 4.04. The molecule has 20 heavy (non-hydrogen) atoms. The number of carbonyl (C=O) groups is 1. The predicted octanol–water partition coefficient (Wildman–Crippen LogP) is 4.00. The Morgan fingerprint density at radius 3 is 2.55 bits per heavy atom. The number of pyridine rings is 1. The Hall–Kier alpha value is -2.43. The SMILES string of the molecule is O=C(/C=C/c1cccc(C(F)(F)F)c1)c1ccccn1. The molecule has 0 fully saturated rings. The number of rotatable bonds is 3. The van der Waals surface area contributed by atoms with E-state index in [4.69, 9.17) is 0 Å². The van der Waals surface area contributed by atoms with Gasteiger partial charge in [0.25, 0.3) is 0 Å². The molecule has 1 heterocycles. The molecule has 0 bridgehead atoms. The lowest BCUT2D eigenvalue weighted by Gasteiger charge is -2.06. The highest BCUT2D eigenvalue weighted by Gasteiger charge is 2.30. The molecule has 0 aliphatic carbocycles. The van der Waals surface area contributed by atoms with Crippen molar-refractivity contribution in [3.8, 4) is 0 Å². The standard InChI is InChI=1S/C15H10F3NO/c16-15(17,18)12-5-3-4-11(10-12)7-8-14(20)13-6-1-2-9-19-13/h1-10H/b8-7+. The number of hydrogen-bond donors (Lipinski definition) is 0. The summed E-state index contributed by atoms with van der Waals surface area (Å²) in [6.45, 7) is 0. The Balaban J connectivity index is 2.18. The first-order valence-electron chi connectivity index (χ1n) is 5.77. The van der Waals surface area contributed by atoms with Gasteiger partial charge < -0.3 is 0 Å². The first-order valence-corrected chi connectivity index (χ1v) is 5.77. The molecular weight excluding hydrogens is 267 g/mol. The summed E-state index contributed by atoms with van der Waals surface area (Å²) in [6.07, 6.45) is -0.371. The van der Waals surface area contributed by atoms with Crippen molar-refractivity contribution in [2.24, 2.45) is 0 Å². The average Bonchev–Trinajstić information content (AvgIpc) is 2.45. The van der Waals surface area contributed by atoms with Crippen molar-refractivity contribution in [3.05, 3.63) is 71.6 Å². The van der Waals surface area contributed by atoms with E-state index in [0.717, 1.165) is 12.1 Å². The van der Waals surface area contributed by atoms with Crippen LogP contribution in [0.5, 0.6) is 0 Å². The molecule has 0 unspecified atom stereocenters. The Bertz CT molecular complexity index is 633. The number of nitrogens with zero attached hydrogens (tertiary/aromatic N) is 1. The van der Waals surface area contributed by atoms with Crippen LogP contribution in [-0.2, 0) is 6.18 Å². The highest BCUT2D eigenvalue weighted by molar-refractivity contribution is 6.05. The zero-order valence-corrected chi connectivity index (χ0v) is 10.3. The predicted molar refractivity (Wildman–Crippen MR) is 69.0 cm³/mol. The number of aromatic nitrogens is 1. The molecule has 2 aromatic rings. The van der Waals surface area contributed by atoms with Gasteiger partial charge in [-0.1, -0.05) is 24.3 Å². The second-order valence-electron chi connectivity index (χ2n) is 4.04. The fourth-order valence-corrected chi connectivity index (χ4v) is 1.58. The van der Waals surface area contributed by atoms with Gasteiger partial charge in [-0.15, -0.1) is 0 Å². The number of ketones is 1. The molecule has 1 aromatic heterocycles. The van der Waals surface area contributed by atoms with Crippen LogP contribution in [0.15, 0.2) is 54.7 Å². The van der Waals surface area contributed by atoms with Crippen molar-refractivity contribution < 1.29 is 18.0 Å². The van der Waals surface area contributed by atoms with E-state index in [0.29, 0.717) is 5.56 Å². The molecular formula is C15H10F3NO. The van der Waals surface area contributed by atoms with Crippen LogP contribution < -0.4 is 0 Å². The molecule has 0 aliphatic heterocycles. The van der Waals surface area contributed by atoms with Gasteiger partial charge in [-0.2, -0.15) is 13.2 Å². The molecule has 5 heteroatoms. The highest BCUT2D eigenvalue weighted by Crippen LogP contribution is 2.29. The summed E-state index contributed by atoms with van der Waals surface area (Å²) in [5.74, 6) is -0.358. The maximum Gasteiger partial charge on any atom is 0.416 e. The Morgan fingerprint density at radius 1 is 1.10 bits per heavy atom. The molecule has 0 saturated carbocycles. The normalized spacial score (nSPS) is 11.8. The minimum Gasteiger partial charge on any atom is -0.288 e. The summed E-state index contributed by atoms with van der Waals surface area (Å²) >= 11 is 0. The van der Waals surface area contributed by atoms with Crippen molar-refractivity contribution in [2.75, 3.05) is 0 Å². The number of hydrogen-bond acceptors (Lipinski definition) is 2. The van der Waals surface area contributed by atoms with Gasteiger partial charge in [0.15, 0.2) is 0 Å². The number of carbonyl (C=O) groups excluding carboxylic acids is 1. The summed E-state index contributed by atoms with van der Waals surface area (Å²) < 4.78 is 37.6. The maximum absolute atomic E-state index is 12.5. The van der Waals surface area contributed by atoms with E-state index >= 15 is 0 Å². The van der Waals surface area contributed by atoms with Crippen LogP contribution in [0, 0.1) is 0 Å². The quantitative estimate of drug-likeness (QED) is 0.627. The van der Waals surface area contributed by atoms with E-state index in [9.17, 15) is 18.0 Å². The largest absolute Gasteiger partial charge is 0.416 e. The molecule has 0 radical (unpaired) electrons. The number of alkyl halides is 3. The minimum absolute atomic E-state index is 0.246.